The summed E-state index contributed by atoms with van der Waals surface area (Å²) < 4.78 is 63.1. The van der Waals surface area contributed by atoms with Gasteiger partial charge in [-0.15, -0.1) is 0 Å². The fourth-order valence-electron chi connectivity index (χ4n) is 7.12. The van der Waals surface area contributed by atoms with E-state index in [0.717, 1.165) is 30.1 Å². The standard InChI is InChI=1S/C28H44F4O2/c1-19-2-8-22(9-3-19)23-10-6-20(7-11-23)4-5-21-17-33-27(34-18-21)25-14-12-24(13-15-25)26(29)16-28(30,31)32/h16,19-25,27H,2-15,17-18H2,1H3/b26-16-. The zero-order valence-corrected chi connectivity index (χ0v) is 20.8. The van der Waals surface area contributed by atoms with Crippen molar-refractivity contribution in [2.24, 2.45) is 41.4 Å². The third-order valence-corrected chi connectivity index (χ3v) is 9.44. The van der Waals surface area contributed by atoms with Crippen molar-refractivity contribution in [2.45, 2.75) is 109 Å². The van der Waals surface area contributed by atoms with Gasteiger partial charge in [0.05, 0.1) is 19.3 Å². The van der Waals surface area contributed by atoms with Gasteiger partial charge in [-0.3, -0.25) is 0 Å². The first-order valence-corrected chi connectivity index (χ1v) is 13.9. The molecule has 0 atom stereocenters. The van der Waals surface area contributed by atoms with Gasteiger partial charge in [-0.05, 0) is 81.5 Å². The molecule has 196 valence electrons. The van der Waals surface area contributed by atoms with Crippen molar-refractivity contribution in [3.8, 4) is 0 Å². The van der Waals surface area contributed by atoms with Crippen LogP contribution in [-0.2, 0) is 9.47 Å². The van der Waals surface area contributed by atoms with Gasteiger partial charge in [-0.2, -0.15) is 13.2 Å². The molecule has 0 radical (unpaired) electrons. The Morgan fingerprint density at radius 3 is 1.76 bits per heavy atom. The molecule has 0 amide bonds. The van der Waals surface area contributed by atoms with Crippen LogP contribution in [0.3, 0.4) is 0 Å². The van der Waals surface area contributed by atoms with Gasteiger partial charge in [-0.1, -0.05) is 39.0 Å². The molecular weight excluding hydrogens is 444 g/mol. The predicted octanol–water partition coefficient (Wildman–Crippen LogP) is 8.61. The highest BCUT2D eigenvalue weighted by molar-refractivity contribution is 5.03. The Balaban J connectivity index is 1.09. The summed E-state index contributed by atoms with van der Waals surface area (Å²) in [7, 11) is 0. The molecule has 3 saturated carbocycles. The van der Waals surface area contributed by atoms with Crippen molar-refractivity contribution in [2.75, 3.05) is 13.2 Å². The van der Waals surface area contributed by atoms with Crippen molar-refractivity contribution in [1.29, 1.82) is 0 Å². The molecule has 0 unspecified atom stereocenters. The fraction of sp³-hybridized carbons (Fsp3) is 0.929. The number of allylic oxidation sites excluding steroid dienone is 2. The van der Waals surface area contributed by atoms with Crippen molar-refractivity contribution < 1.29 is 27.0 Å². The minimum atomic E-state index is -4.58. The van der Waals surface area contributed by atoms with E-state index in [4.69, 9.17) is 9.47 Å². The van der Waals surface area contributed by atoms with E-state index >= 15 is 0 Å². The first-order valence-electron chi connectivity index (χ1n) is 13.9. The van der Waals surface area contributed by atoms with Crippen LogP contribution in [0, 0.1) is 41.4 Å². The second-order valence-corrected chi connectivity index (χ2v) is 12.0. The molecule has 0 spiro atoms. The lowest BCUT2D eigenvalue weighted by atomic mass is 9.69. The monoisotopic (exact) mass is 488 g/mol. The maximum Gasteiger partial charge on any atom is 0.412 e. The van der Waals surface area contributed by atoms with Crippen molar-refractivity contribution in [3.05, 3.63) is 11.9 Å². The average Bonchev–Trinajstić information content (AvgIpc) is 2.83. The first kappa shape index (κ1) is 26.4. The van der Waals surface area contributed by atoms with E-state index in [2.05, 4.69) is 6.92 Å². The SMILES string of the molecule is CC1CCC(C2CCC(CCC3COC(C4CCC(/C(F)=C/C(F)(F)F)CC4)OC3)CC2)CC1. The van der Waals surface area contributed by atoms with Gasteiger partial charge in [-0.25, -0.2) is 4.39 Å². The number of hydrogen-bond acceptors (Lipinski definition) is 2. The van der Waals surface area contributed by atoms with E-state index in [0.29, 0.717) is 44.8 Å². The number of ether oxygens (including phenoxy) is 2. The smallest absolute Gasteiger partial charge is 0.352 e. The molecular formula is C28H44F4O2. The minimum absolute atomic E-state index is 0.161. The molecule has 1 saturated heterocycles. The third-order valence-electron chi connectivity index (χ3n) is 9.44. The van der Waals surface area contributed by atoms with E-state index in [-0.39, 0.29) is 18.3 Å². The Hall–Kier alpha value is -0.620. The molecule has 4 aliphatic rings. The average molecular weight is 489 g/mol. The number of halogens is 4. The molecule has 1 heterocycles. The van der Waals surface area contributed by atoms with Gasteiger partial charge in [0, 0.05) is 17.8 Å². The molecule has 34 heavy (non-hydrogen) atoms. The number of alkyl halides is 3. The predicted molar refractivity (Wildman–Crippen MR) is 126 cm³/mol. The Bertz CT molecular complexity index is 631. The van der Waals surface area contributed by atoms with Crippen LogP contribution in [0.15, 0.2) is 11.9 Å². The van der Waals surface area contributed by atoms with Gasteiger partial charge in [0.15, 0.2) is 6.29 Å². The highest BCUT2D eigenvalue weighted by atomic mass is 19.4. The van der Waals surface area contributed by atoms with Crippen LogP contribution < -0.4 is 0 Å². The summed E-state index contributed by atoms with van der Waals surface area (Å²) in [4.78, 5) is 0. The summed E-state index contributed by atoms with van der Waals surface area (Å²) in [5.74, 6) is 2.70. The van der Waals surface area contributed by atoms with Crippen molar-refractivity contribution in [3.63, 3.8) is 0 Å². The summed E-state index contributed by atoms with van der Waals surface area (Å²) in [5.41, 5.74) is 0. The van der Waals surface area contributed by atoms with E-state index in [1.165, 1.54) is 57.8 Å². The normalized spacial score (nSPS) is 40.8. The van der Waals surface area contributed by atoms with Gasteiger partial charge >= 0.3 is 6.18 Å². The highest BCUT2D eigenvalue weighted by Crippen LogP contribution is 2.43. The largest absolute Gasteiger partial charge is 0.412 e. The molecule has 2 nitrogen and oxygen atoms in total. The number of rotatable bonds is 6. The van der Waals surface area contributed by atoms with Gasteiger partial charge in [0.2, 0.25) is 0 Å². The second-order valence-electron chi connectivity index (χ2n) is 12.0. The van der Waals surface area contributed by atoms with Crippen LogP contribution in [0.25, 0.3) is 0 Å². The molecule has 6 heteroatoms. The maximum absolute atomic E-state index is 13.9. The summed E-state index contributed by atoms with van der Waals surface area (Å²) in [6.45, 7) is 3.82. The van der Waals surface area contributed by atoms with Gasteiger partial charge in [0.25, 0.3) is 0 Å². The lowest BCUT2D eigenvalue weighted by molar-refractivity contribution is -0.230. The Labute approximate surface area is 203 Å². The van der Waals surface area contributed by atoms with Crippen LogP contribution in [-0.4, -0.2) is 25.7 Å². The third kappa shape index (κ3) is 7.69. The second kappa shape index (κ2) is 12.1. The van der Waals surface area contributed by atoms with Crippen LogP contribution in [0.5, 0.6) is 0 Å². The Morgan fingerprint density at radius 1 is 0.706 bits per heavy atom. The van der Waals surface area contributed by atoms with E-state index in [1.807, 2.05) is 0 Å². The lowest BCUT2D eigenvalue weighted by Gasteiger charge is -2.39. The molecule has 4 rings (SSSR count). The molecule has 4 fully saturated rings. The summed E-state index contributed by atoms with van der Waals surface area (Å²) >= 11 is 0. The van der Waals surface area contributed by atoms with Crippen LogP contribution in [0.1, 0.15) is 96.8 Å². The summed E-state index contributed by atoms with van der Waals surface area (Å²) in [6.07, 6.45) is 10.9. The van der Waals surface area contributed by atoms with Crippen LogP contribution >= 0.6 is 0 Å². The maximum atomic E-state index is 13.9. The summed E-state index contributed by atoms with van der Waals surface area (Å²) in [5, 5.41) is 0. The Morgan fingerprint density at radius 2 is 1.21 bits per heavy atom. The fourth-order valence-corrected chi connectivity index (χ4v) is 7.12. The van der Waals surface area contributed by atoms with E-state index in [9.17, 15) is 17.6 Å². The van der Waals surface area contributed by atoms with Crippen molar-refractivity contribution in [1.82, 2.24) is 0 Å². The van der Waals surface area contributed by atoms with E-state index < -0.39 is 17.9 Å². The molecule has 0 aromatic heterocycles. The summed E-state index contributed by atoms with van der Waals surface area (Å²) in [6, 6.07) is 0. The number of hydrogen-bond donors (Lipinski definition) is 0. The van der Waals surface area contributed by atoms with Crippen molar-refractivity contribution >= 4 is 0 Å². The lowest BCUT2D eigenvalue weighted by Crippen LogP contribution is -2.38. The molecule has 0 N–H and O–H groups in total. The highest BCUT2D eigenvalue weighted by Gasteiger charge is 2.36. The Kier molecular flexibility index (Phi) is 9.39. The molecule has 0 aromatic carbocycles. The first-order chi connectivity index (χ1) is 16.3. The topological polar surface area (TPSA) is 18.5 Å². The molecule has 0 aromatic rings. The zero-order chi connectivity index (χ0) is 24.1. The van der Waals surface area contributed by atoms with Gasteiger partial charge < -0.3 is 9.47 Å². The minimum Gasteiger partial charge on any atom is -0.352 e. The van der Waals surface area contributed by atoms with E-state index in [1.54, 1.807) is 0 Å². The quantitative estimate of drug-likeness (QED) is 0.349. The van der Waals surface area contributed by atoms with Crippen LogP contribution in [0.4, 0.5) is 17.6 Å². The zero-order valence-electron chi connectivity index (χ0n) is 20.8. The van der Waals surface area contributed by atoms with Crippen LogP contribution in [0.2, 0.25) is 0 Å². The van der Waals surface area contributed by atoms with Gasteiger partial charge in [0.1, 0.15) is 5.83 Å². The molecule has 1 aliphatic heterocycles. The molecule has 0 bridgehead atoms. The molecule has 3 aliphatic carbocycles.